The van der Waals surface area contributed by atoms with Crippen LogP contribution in [0.25, 0.3) is 5.69 Å². The van der Waals surface area contributed by atoms with Gasteiger partial charge in [-0.25, -0.2) is 8.78 Å². The molecule has 0 fully saturated rings. The molecule has 1 heterocycles. The maximum absolute atomic E-state index is 13.2. The molecule has 0 saturated heterocycles. The van der Waals surface area contributed by atoms with E-state index >= 15 is 0 Å². The van der Waals surface area contributed by atoms with E-state index in [1.165, 1.54) is 16.4 Å². The van der Waals surface area contributed by atoms with E-state index in [-0.39, 0.29) is 5.56 Å². The second-order valence-electron chi connectivity index (χ2n) is 4.74. The quantitative estimate of drug-likeness (QED) is 0.735. The van der Waals surface area contributed by atoms with Crippen molar-refractivity contribution >= 4 is 23.4 Å². The number of halogens is 2. The zero-order valence-electron chi connectivity index (χ0n) is 12.4. The predicted octanol–water partition coefficient (Wildman–Crippen LogP) is 2.91. The maximum Gasteiger partial charge on any atom is 0.255 e. The van der Waals surface area contributed by atoms with Crippen LogP contribution in [0.15, 0.2) is 47.6 Å². The van der Waals surface area contributed by atoms with E-state index in [0.717, 1.165) is 12.1 Å². The van der Waals surface area contributed by atoms with Crippen LogP contribution in [0, 0.1) is 11.6 Å². The first-order valence-electron chi connectivity index (χ1n) is 6.77. The van der Waals surface area contributed by atoms with E-state index in [1.54, 1.807) is 24.3 Å². The second kappa shape index (κ2) is 6.75. The lowest BCUT2D eigenvalue weighted by atomic mass is 10.2. The average molecular weight is 347 g/mol. The smallest absolute Gasteiger partial charge is 0.255 e. The van der Waals surface area contributed by atoms with Gasteiger partial charge in [0.05, 0.1) is 5.69 Å². The summed E-state index contributed by atoms with van der Waals surface area (Å²) in [4.78, 5) is 12.1. The summed E-state index contributed by atoms with van der Waals surface area (Å²) in [6, 6.07) is 9.43. The first kappa shape index (κ1) is 16.1. The highest BCUT2D eigenvalue weighted by atomic mass is 32.2. The van der Waals surface area contributed by atoms with Gasteiger partial charge in [-0.3, -0.25) is 4.79 Å². The zero-order chi connectivity index (χ0) is 17.1. The van der Waals surface area contributed by atoms with Crippen LogP contribution in [0.5, 0.6) is 0 Å². The Hall–Kier alpha value is -2.81. The first-order valence-corrected chi connectivity index (χ1v) is 7.99. The average Bonchev–Trinajstić information content (AvgIpc) is 3.03. The molecule has 3 aromatic rings. The summed E-state index contributed by atoms with van der Waals surface area (Å²) in [5.41, 5.74) is 0.988. The highest BCUT2D eigenvalue weighted by molar-refractivity contribution is 7.98. The minimum absolute atomic E-state index is 0.106. The summed E-state index contributed by atoms with van der Waals surface area (Å²) in [7, 11) is 0. The lowest BCUT2D eigenvalue weighted by Crippen LogP contribution is -2.13. The molecule has 1 N–H and O–H groups in total. The Morgan fingerprint density at radius 2 is 1.92 bits per heavy atom. The molecule has 0 atom stereocenters. The normalized spacial score (nSPS) is 10.6. The molecule has 1 amide bonds. The summed E-state index contributed by atoms with van der Waals surface area (Å²) >= 11 is 1.37. The standard InChI is InChI=1S/C15H11F2N5OS/c1-24-15-19-20-21-22(15)13-4-2-3-12(8-13)18-14(23)9-5-10(16)7-11(17)6-9/h2-8H,1H3,(H,18,23). The number of thioether (sulfide) groups is 1. The van der Waals surface area contributed by atoms with Gasteiger partial charge in [-0.05, 0) is 47.0 Å². The van der Waals surface area contributed by atoms with Gasteiger partial charge in [0, 0.05) is 17.3 Å². The molecule has 122 valence electrons. The van der Waals surface area contributed by atoms with Crippen molar-refractivity contribution in [2.45, 2.75) is 5.16 Å². The first-order chi connectivity index (χ1) is 11.6. The fourth-order valence-electron chi connectivity index (χ4n) is 2.07. The van der Waals surface area contributed by atoms with Crippen molar-refractivity contribution in [3.05, 3.63) is 59.7 Å². The number of amides is 1. The number of anilines is 1. The molecule has 6 nitrogen and oxygen atoms in total. The number of nitrogens with one attached hydrogen (secondary N) is 1. The second-order valence-corrected chi connectivity index (χ2v) is 5.51. The van der Waals surface area contributed by atoms with Gasteiger partial charge < -0.3 is 5.32 Å². The van der Waals surface area contributed by atoms with Crippen LogP contribution in [0.4, 0.5) is 14.5 Å². The fraction of sp³-hybridized carbons (Fsp3) is 0.0667. The molecule has 0 spiro atoms. The number of aromatic nitrogens is 4. The molecule has 0 aliphatic heterocycles. The van der Waals surface area contributed by atoms with Crippen LogP contribution in [0.3, 0.4) is 0 Å². The minimum Gasteiger partial charge on any atom is -0.322 e. The third-order valence-electron chi connectivity index (χ3n) is 3.10. The Balaban J connectivity index is 1.86. The highest BCUT2D eigenvalue weighted by Crippen LogP contribution is 2.19. The molecular formula is C15H11F2N5OS. The van der Waals surface area contributed by atoms with Gasteiger partial charge in [0.2, 0.25) is 5.16 Å². The van der Waals surface area contributed by atoms with Crippen LogP contribution in [0.2, 0.25) is 0 Å². The number of benzene rings is 2. The number of hydrogen-bond acceptors (Lipinski definition) is 5. The van der Waals surface area contributed by atoms with Crippen molar-refractivity contribution < 1.29 is 13.6 Å². The van der Waals surface area contributed by atoms with Gasteiger partial charge in [-0.2, -0.15) is 4.68 Å². The zero-order valence-corrected chi connectivity index (χ0v) is 13.2. The summed E-state index contributed by atoms with van der Waals surface area (Å²) in [5, 5.41) is 14.5. The summed E-state index contributed by atoms with van der Waals surface area (Å²) in [6.07, 6.45) is 1.84. The van der Waals surface area contributed by atoms with Crippen LogP contribution >= 0.6 is 11.8 Å². The van der Waals surface area contributed by atoms with E-state index in [4.69, 9.17) is 0 Å². The van der Waals surface area contributed by atoms with Gasteiger partial charge in [0.25, 0.3) is 5.91 Å². The Morgan fingerprint density at radius 1 is 1.17 bits per heavy atom. The van der Waals surface area contributed by atoms with Crippen LogP contribution < -0.4 is 5.32 Å². The largest absolute Gasteiger partial charge is 0.322 e. The van der Waals surface area contributed by atoms with Crippen molar-refractivity contribution in [3.63, 3.8) is 0 Å². The lowest BCUT2D eigenvalue weighted by Gasteiger charge is -2.08. The van der Waals surface area contributed by atoms with Crippen molar-refractivity contribution in [2.24, 2.45) is 0 Å². The third-order valence-corrected chi connectivity index (χ3v) is 3.72. The summed E-state index contributed by atoms with van der Waals surface area (Å²) in [5.74, 6) is -2.24. The van der Waals surface area contributed by atoms with E-state index < -0.39 is 17.5 Å². The van der Waals surface area contributed by atoms with Crippen LogP contribution in [0.1, 0.15) is 10.4 Å². The number of tetrazole rings is 1. The molecule has 1 aromatic heterocycles. The number of nitrogens with zero attached hydrogens (tertiary/aromatic N) is 4. The SMILES string of the molecule is CSc1nnnn1-c1cccc(NC(=O)c2cc(F)cc(F)c2)c1. The molecule has 9 heteroatoms. The molecule has 24 heavy (non-hydrogen) atoms. The number of carbonyl (C=O) groups excluding carboxylic acids is 1. The Bertz CT molecular complexity index is 879. The Morgan fingerprint density at radius 3 is 2.62 bits per heavy atom. The number of carbonyl (C=O) groups is 1. The maximum atomic E-state index is 13.2. The topological polar surface area (TPSA) is 72.7 Å². The molecule has 3 rings (SSSR count). The molecule has 0 radical (unpaired) electrons. The predicted molar refractivity (Wildman–Crippen MR) is 85.2 cm³/mol. The molecule has 0 unspecified atom stereocenters. The monoisotopic (exact) mass is 347 g/mol. The fourth-order valence-corrected chi connectivity index (χ4v) is 2.50. The lowest BCUT2D eigenvalue weighted by molar-refractivity contribution is 0.102. The molecule has 2 aromatic carbocycles. The van der Waals surface area contributed by atoms with Crippen molar-refractivity contribution in [1.82, 2.24) is 20.2 Å². The Kier molecular flexibility index (Phi) is 4.52. The summed E-state index contributed by atoms with van der Waals surface area (Å²) in [6.45, 7) is 0. The number of hydrogen-bond donors (Lipinski definition) is 1. The van der Waals surface area contributed by atoms with E-state index in [1.807, 2.05) is 6.26 Å². The van der Waals surface area contributed by atoms with Gasteiger partial charge in [-0.1, -0.05) is 17.8 Å². The molecule has 0 aliphatic rings. The molecule has 0 aliphatic carbocycles. The van der Waals surface area contributed by atoms with Gasteiger partial charge in [0.1, 0.15) is 11.6 Å². The third kappa shape index (κ3) is 3.40. The molecule has 0 bridgehead atoms. The van der Waals surface area contributed by atoms with Gasteiger partial charge in [0.15, 0.2) is 0 Å². The van der Waals surface area contributed by atoms with Crippen molar-refractivity contribution in [3.8, 4) is 5.69 Å². The van der Waals surface area contributed by atoms with E-state index in [2.05, 4.69) is 20.8 Å². The van der Waals surface area contributed by atoms with E-state index in [9.17, 15) is 13.6 Å². The van der Waals surface area contributed by atoms with E-state index in [0.29, 0.717) is 22.6 Å². The Labute approximate surface area is 139 Å². The van der Waals surface area contributed by atoms with Crippen molar-refractivity contribution in [1.29, 1.82) is 0 Å². The molecular weight excluding hydrogens is 336 g/mol. The van der Waals surface area contributed by atoms with Crippen molar-refractivity contribution in [2.75, 3.05) is 11.6 Å². The van der Waals surface area contributed by atoms with Gasteiger partial charge >= 0.3 is 0 Å². The minimum atomic E-state index is -0.813. The van der Waals surface area contributed by atoms with Crippen LogP contribution in [-0.4, -0.2) is 32.4 Å². The van der Waals surface area contributed by atoms with Crippen LogP contribution in [-0.2, 0) is 0 Å². The molecule has 0 saturated carbocycles. The highest BCUT2D eigenvalue weighted by Gasteiger charge is 2.11. The summed E-state index contributed by atoms with van der Waals surface area (Å²) < 4.78 is 27.9. The van der Waals surface area contributed by atoms with Gasteiger partial charge in [-0.15, -0.1) is 5.10 Å². The number of rotatable bonds is 4.